The second kappa shape index (κ2) is 4.50. The SMILES string of the molecule is C#CC1(C2CCCN(C(=O)OC(C)(C)C)C2)CC1. The second-order valence-electron chi connectivity index (χ2n) is 6.57. The zero-order valence-electron chi connectivity index (χ0n) is 11.7. The van der Waals surface area contributed by atoms with Gasteiger partial charge in [-0.1, -0.05) is 5.92 Å². The predicted octanol–water partition coefficient (Wildman–Crippen LogP) is 3.05. The Kier molecular flexibility index (Phi) is 3.31. The molecule has 3 heteroatoms. The number of hydrogen-bond donors (Lipinski definition) is 0. The van der Waals surface area contributed by atoms with Crippen molar-refractivity contribution in [2.45, 2.75) is 52.1 Å². The molecule has 2 fully saturated rings. The van der Waals surface area contributed by atoms with Gasteiger partial charge in [-0.05, 0) is 52.4 Å². The average molecular weight is 249 g/mol. The van der Waals surface area contributed by atoms with Crippen molar-refractivity contribution in [1.29, 1.82) is 0 Å². The van der Waals surface area contributed by atoms with Crippen molar-refractivity contribution in [1.82, 2.24) is 4.90 Å². The lowest BCUT2D eigenvalue weighted by Crippen LogP contribution is -2.44. The van der Waals surface area contributed by atoms with Crippen molar-refractivity contribution >= 4 is 6.09 Å². The molecular weight excluding hydrogens is 226 g/mol. The standard InChI is InChI=1S/C15H23NO2/c1-5-15(8-9-15)12-7-6-10-16(11-12)13(17)18-14(2,3)4/h1,12H,6-11H2,2-4H3. The number of nitrogens with zero attached hydrogens (tertiary/aromatic N) is 1. The molecule has 2 rings (SSSR count). The molecule has 1 atom stereocenters. The minimum Gasteiger partial charge on any atom is -0.444 e. The average Bonchev–Trinajstić information content (AvgIpc) is 3.08. The summed E-state index contributed by atoms with van der Waals surface area (Å²) in [6, 6.07) is 0. The lowest BCUT2D eigenvalue weighted by atomic mass is 9.83. The van der Waals surface area contributed by atoms with Gasteiger partial charge in [0.25, 0.3) is 0 Å². The van der Waals surface area contributed by atoms with Crippen LogP contribution in [0.3, 0.4) is 0 Å². The van der Waals surface area contributed by atoms with Gasteiger partial charge in [-0.3, -0.25) is 0 Å². The molecule has 1 heterocycles. The van der Waals surface area contributed by atoms with Crippen LogP contribution in [0.25, 0.3) is 0 Å². The maximum absolute atomic E-state index is 12.0. The van der Waals surface area contributed by atoms with Gasteiger partial charge in [-0.2, -0.15) is 0 Å². The number of amides is 1. The van der Waals surface area contributed by atoms with Gasteiger partial charge in [0.1, 0.15) is 5.60 Å². The van der Waals surface area contributed by atoms with Crippen LogP contribution < -0.4 is 0 Å². The predicted molar refractivity (Wildman–Crippen MR) is 71.0 cm³/mol. The third kappa shape index (κ3) is 2.80. The highest BCUT2D eigenvalue weighted by molar-refractivity contribution is 5.68. The fourth-order valence-corrected chi connectivity index (χ4v) is 2.73. The molecular formula is C15H23NO2. The van der Waals surface area contributed by atoms with E-state index in [1.54, 1.807) is 0 Å². The Morgan fingerprint density at radius 2 is 2.11 bits per heavy atom. The lowest BCUT2D eigenvalue weighted by Gasteiger charge is -2.36. The number of terminal acetylenes is 1. The molecule has 0 bridgehead atoms. The second-order valence-corrected chi connectivity index (χ2v) is 6.57. The molecule has 100 valence electrons. The van der Waals surface area contributed by atoms with Crippen LogP contribution in [0, 0.1) is 23.7 Å². The number of hydrogen-bond acceptors (Lipinski definition) is 2. The maximum atomic E-state index is 12.0. The first-order valence-electron chi connectivity index (χ1n) is 6.82. The van der Waals surface area contributed by atoms with Gasteiger partial charge >= 0.3 is 6.09 Å². The van der Waals surface area contributed by atoms with E-state index in [0.717, 1.165) is 38.8 Å². The van der Waals surface area contributed by atoms with Crippen LogP contribution in [0.4, 0.5) is 4.79 Å². The van der Waals surface area contributed by atoms with E-state index >= 15 is 0 Å². The van der Waals surface area contributed by atoms with Crippen LogP contribution in [-0.2, 0) is 4.74 Å². The normalized spacial score (nSPS) is 26.3. The summed E-state index contributed by atoms with van der Waals surface area (Å²) in [7, 11) is 0. The number of ether oxygens (including phenoxy) is 1. The molecule has 1 amide bonds. The molecule has 0 N–H and O–H groups in total. The molecule has 1 saturated carbocycles. The number of carbonyl (C=O) groups excluding carboxylic acids is 1. The van der Waals surface area contributed by atoms with Gasteiger partial charge in [0.15, 0.2) is 0 Å². The molecule has 0 aromatic heterocycles. The van der Waals surface area contributed by atoms with E-state index in [4.69, 9.17) is 11.2 Å². The van der Waals surface area contributed by atoms with Crippen LogP contribution in [0.5, 0.6) is 0 Å². The van der Waals surface area contributed by atoms with Gasteiger partial charge in [-0.25, -0.2) is 4.79 Å². The summed E-state index contributed by atoms with van der Waals surface area (Å²) in [5.74, 6) is 3.41. The number of rotatable bonds is 1. The molecule has 2 aliphatic rings. The molecule has 0 aromatic rings. The fourth-order valence-electron chi connectivity index (χ4n) is 2.73. The minimum atomic E-state index is -0.423. The van der Waals surface area contributed by atoms with E-state index in [1.807, 2.05) is 25.7 Å². The van der Waals surface area contributed by atoms with Crippen molar-refractivity contribution < 1.29 is 9.53 Å². The van der Waals surface area contributed by atoms with Gasteiger partial charge in [0, 0.05) is 18.5 Å². The molecule has 0 aromatic carbocycles. The van der Waals surface area contributed by atoms with E-state index in [-0.39, 0.29) is 11.5 Å². The first-order valence-corrected chi connectivity index (χ1v) is 6.82. The summed E-state index contributed by atoms with van der Waals surface area (Å²) in [5.41, 5.74) is -0.339. The molecule has 1 aliphatic heterocycles. The fraction of sp³-hybridized carbons (Fsp3) is 0.800. The summed E-state index contributed by atoms with van der Waals surface area (Å²) in [6.45, 7) is 7.26. The molecule has 18 heavy (non-hydrogen) atoms. The van der Waals surface area contributed by atoms with Crippen molar-refractivity contribution in [3.63, 3.8) is 0 Å². The van der Waals surface area contributed by atoms with Gasteiger partial charge in [0.05, 0.1) is 0 Å². The van der Waals surface area contributed by atoms with Crippen LogP contribution in [-0.4, -0.2) is 29.7 Å². The highest BCUT2D eigenvalue weighted by Crippen LogP contribution is 2.53. The Morgan fingerprint density at radius 3 is 2.61 bits per heavy atom. The topological polar surface area (TPSA) is 29.5 Å². The van der Waals surface area contributed by atoms with Gasteiger partial charge in [0.2, 0.25) is 0 Å². The molecule has 1 unspecified atom stereocenters. The van der Waals surface area contributed by atoms with Gasteiger partial charge < -0.3 is 9.64 Å². The van der Waals surface area contributed by atoms with E-state index in [9.17, 15) is 4.79 Å². The maximum Gasteiger partial charge on any atom is 0.410 e. The van der Waals surface area contributed by atoms with Crippen LogP contribution >= 0.6 is 0 Å². The summed E-state index contributed by atoms with van der Waals surface area (Å²) in [5, 5.41) is 0. The molecule has 0 spiro atoms. The minimum absolute atomic E-state index is 0.0840. The lowest BCUT2D eigenvalue weighted by molar-refractivity contribution is 0.0138. The number of piperidine rings is 1. The van der Waals surface area contributed by atoms with E-state index in [0.29, 0.717) is 5.92 Å². The van der Waals surface area contributed by atoms with Crippen LogP contribution in [0.15, 0.2) is 0 Å². The zero-order valence-corrected chi connectivity index (χ0v) is 11.7. The Hall–Kier alpha value is -1.17. The van der Waals surface area contributed by atoms with Gasteiger partial charge in [-0.15, -0.1) is 6.42 Å². The third-order valence-corrected chi connectivity index (χ3v) is 3.93. The third-order valence-electron chi connectivity index (χ3n) is 3.93. The number of carbonyl (C=O) groups is 1. The Labute approximate surface area is 110 Å². The quantitative estimate of drug-likeness (QED) is 0.668. The summed E-state index contributed by atoms with van der Waals surface area (Å²) < 4.78 is 5.43. The molecule has 0 radical (unpaired) electrons. The highest BCUT2D eigenvalue weighted by atomic mass is 16.6. The zero-order chi connectivity index (χ0) is 13.4. The van der Waals surface area contributed by atoms with Crippen molar-refractivity contribution in [3.8, 4) is 12.3 Å². The first kappa shape index (κ1) is 13.3. The first-order chi connectivity index (χ1) is 8.36. The Bertz CT molecular complexity index is 371. The molecule has 1 saturated heterocycles. The smallest absolute Gasteiger partial charge is 0.410 e. The Balaban J connectivity index is 1.95. The van der Waals surface area contributed by atoms with Crippen LogP contribution in [0.2, 0.25) is 0 Å². The van der Waals surface area contributed by atoms with E-state index in [1.165, 1.54) is 0 Å². The summed E-state index contributed by atoms with van der Waals surface area (Å²) in [6.07, 6.45) is 9.86. The van der Waals surface area contributed by atoms with Crippen molar-refractivity contribution in [2.75, 3.05) is 13.1 Å². The largest absolute Gasteiger partial charge is 0.444 e. The van der Waals surface area contributed by atoms with Crippen molar-refractivity contribution in [3.05, 3.63) is 0 Å². The molecule has 3 nitrogen and oxygen atoms in total. The monoisotopic (exact) mass is 249 g/mol. The van der Waals surface area contributed by atoms with E-state index in [2.05, 4.69) is 5.92 Å². The molecule has 1 aliphatic carbocycles. The number of likely N-dealkylation sites (tertiary alicyclic amines) is 1. The summed E-state index contributed by atoms with van der Waals surface area (Å²) in [4.78, 5) is 13.9. The van der Waals surface area contributed by atoms with Crippen LogP contribution in [0.1, 0.15) is 46.5 Å². The summed E-state index contributed by atoms with van der Waals surface area (Å²) >= 11 is 0. The van der Waals surface area contributed by atoms with E-state index < -0.39 is 5.60 Å². The van der Waals surface area contributed by atoms with Crippen molar-refractivity contribution in [2.24, 2.45) is 11.3 Å². The Morgan fingerprint density at radius 1 is 1.44 bits per heavy atom. The highest BCUT2D eigenvalue weighted by Gasteiger charge is 2.49.